The molecular weight excluding hydrogens is 651 g/mol. The summed E-state index contributed by atoms with van der Waals surface area (Å²) in [6.45, 7) is 7.33. The second-order valence-corrected chi connectivity index (χ2v) is 15.9. The maximum Gasteiger partial charge on any atom is 0.399 e. The zero-order valence-corrected chi connectivity index (χ0v) is 28.2. The minimum atomic E-state index is -5.77. The highest BCUT2D eigenvalue weighted by atomic mass is 32.1. The molecule has 0 aliphatic carbocycles. The summed E-state index contributed by atoms with van der Waals surface area (Å²) in [6.07, 6.45) is 2.54. The van der Waals surface area contributed by atoms with Gasteiger partial charge in [0, 0.05) is 42.6 Å². The lowest BCUT2D eigenvalue weighted by Crippen LogP contribution is -2.58. The molecule has 2 aliphatic rings. The van der Waals surface area contributed by atoms with Crippen LogP contribution in [0.25, 0.3) is 10.1 Å². The van der Waals surface area contributed by atoms with Gasteiger partial charge in [-0.25, -0.2) is 0 Å². The smallest absolute Gasteiger partial charge is 0.381 e. The van der Waals surface area contributed by atoms with Crippen molar-refractivity contribution in [2.75, 3.05) is 19.8 Å². The van der Waals surface area contributed by atoms with Gasteiger partial charge in [-0.1, -0.05) is 57.2 Å². The molecule has 47 heavy (non-hydrogen) atoms. The number of nitrogens with one attached hydrogen (secondary N) is 1. The molecule has 1 aromatic heterocycles. The van der Waals surface area contributed by atoms with Crippen molar-refractivity contribution in [2.24, 2.45) is 5.41 Å². The van der Waals surface area contributed by atoms with Gasteiger partial charge in [0.15, 0.2) is 0 Å². The maximum absolute atomic E-state index is 14.3. The monoisotopic (exact) mass is 691 g/mol. The number of nitrogens with zero attached hydrogens (tertiary/aromatic N) is 2. The average Bonchev–Trinajstić information content (AvgIpc) is 3.69. The van der Waals surface area contributed by atoms with E-state index in [0.717, 1.165) is 29.0 Å². The number of alkyl halides is 2. The van der Waals surface area contributed by atoms with Crippen LogP contribution >= 0.6 is 18.9 Å². The third kappa shape index (κ3) is 7.60. The predicted molar refractivity (Wildman–Crippen MR) is 174 cm³/mol. The Morgan fingerprint density at radius 1 is 1.06 bits per heavy atom. The van der Waals surface area contributed by atoms with Gasteiger partial charge in [0.2, 0.25) is 11.8 Å². The molecule has 1 unspecified atom stereocenters. The lowest BCUT2D eigenvalue weighted by molar-refractivity contribution is -0.149. The number of amides is 3. The van der Waals surface area contributed by atoms with Gasteiger partial charge in [-0.2, -0.15) is 8.78 Å². The van der Waals surface area contributed by atoms with Crippen LogP contribution in [0.4, 0.5) is 8.78 Å². The highest BCUT2D eigenvalue weighted by Crippen LogP contribution is 2.59. The number of fused-ring (bicyclic) bond motifs is 1. The van der Waals surface area contributed by atoms with E-state index in [0.29, 0.717) is 56.7 Å². The average molecular weight is 692 g/mol. The van der Waals surface area contributed by atoms with Crippen molar-refractivity contribution in [1.82, 2.24) is 15.1 Å². The van der Waals surface area contributed by atoms with E-state index in [4.69, 9.17) is 14.5 Å². The van der Waals surface area contributed by atoms with Gasteiger partial charge in [0.1, 0.15) is 12.1 Å². The van der Waals surface area contributed by atoms with Crippen molar-refractivity contribution in [1.29, 1.82) is 0 Å². The molecular formula is C33H40F2N3O7PS. The molecule has 254 valence electrons. The topological polar surface area (TPSA) is 136 Å². The number of carbonyl (C=O) groups excluding carboxylic acids is 3. The van der Waals surface area contributed by atoms with E-state index in [1.165, 1.54) is 12.1 Å². The van der Waals surface area contributed by atoms with Crippen molar-refractivity contribution in [2.45, 2.75) is 76.8 Å². The Morgan fingerprint density at radius 3 is 2.38 bits per heavy atom. The molecule has 3 amide bonds. The van der Waals surface area contributed by atoms with Gasteiger partial charge in [-0.3, -0.25) is 18.9 Å². The zero-order chi connectivity index (χ0) is 34.1. The number of benzene rings is 2. The fourth-order valence-corrected chi connectivity index (χ4v) is 7.59. The van der Waals surface area contributed by atoms with Gasteiger partial charge < -0.3 is 29.6 Å². The summed E-state index contributed by atoms with van der Waals surface area (Å²) in [5.74, 6) is -1.10. The third-order valence-corrected chi connectivity index (χ3v) is 10.9. The summed E-state index contributed by atoms with van der Waals surface area (Å²) >= 11 is 1.01. The summed E-state index contributed by atoms with van der Waals surface area (Å²) < 4.78 is 46.1. The van der Waals surface area contributed by atoms with Gasteiger partial charge in [0.25, 0.3) is 5.91 Å². The molecule has 2 saturated heterocycles. The number of ether oxygens (including phenoxy) is 1. The molecule has 2 aliphatic heterocycles. The highest BCUT2D eigenvalue weighted by Gasteiger charge is 2.50. The summed E-state index contributed by atoms with van der Waals surface area (Å²) in [5, 5.41) is 3.05. The molecule has 2 atom stereocenters. The van der Waals surface area contributed by atoms with E-state index in [1.807, 2.05) is 56.0 Å². The first kappa shape index (κ1) is 35.1. The van der Waals surface area contributed by atoms with Crippen molar-refractivity contribution >= 4 is 46.7 Å². The van der Waals surface area contributed by atoms with Gasteiger partial charge in [0.05, 0.1) is 4.88 Å². The lowest BCUT2D eigenvalue weighted by atomic mass is 9.85. The van der Waals surface area contributed by atoms with Crippen LogP contribution in [0.3, 0.4) is 0 Å². The maximum atomic E-state index is 14.3. The van der Waals surface area contributed by atoms with Crippen LogP contribution in [-0.4, -0.2) is 75.2 Å². The molecule has 10 nitrogen and oxygen atoms in total. The number of carbonyl (C=O) groups is 3. The highest BCUT2D eigenvalue weighted by molar-refractivity contribution is 7.52. The standard InChI is InChI=1S/C33H40F2N3O7PS/c1-32(2,3)28(36-29(39)27-19-22-18-23(11-12-26(22)47-27)33(34,35)46(42,43)44)31(41)37-15-7-10-25(37)30(40)38(24-13-16-45-17-14-24)20-21-8-5-4-6-9-21/h4-6,8-9,11-12,18-19,24-25,28H,7,10,13-17,20H2,1-3H3,(H,36,39)(H2,42,43,44)/t25-,28?/m0/s1. The molecule has 5 rings (SSSR count). The number of halogens is 2. The van der Waals surface area contributed by atoms with Crippen LogP contribution < -0.4 is 5.32 Å². The first-order chi connectivity index (χ1) is 22.1. The van der Waals surface area contributed by atoms with Crippen LogP contribution in [0.5, 0.6) is 0 Å². The largest absolute Gasteiger partial charge is 0.399 e. The van der Waals surface area contributed by atoms with Crippen LogP contribution in [0.15, 0.2) is 54.6 Å². The number of likely N-dealkylation sites (tertiary alicyclic amines) is 1. The fourth-order valence-electron chi connectivity index (χ4n) is 6.17. The van der Waals surface area contributed by atoms with Crippen molar-refractivity contribution < 1.29 is 42.3 Å². The summed E-state index contributed by atoms with van der Waals surface area (Å²) in [5.41, 5.74) is -5.01. The van der Waals surface area contributed by atoms with Gasteiger partial charge in [-0.15, -0.1) is 11.3 Å². The summed E-state index contributed by atoms with van der Waals surface area (Å²) in [4.78, 5) is 63.9. The molecule has 2 fully saturated rings. The molecule has 3 N–H and O–H groups in total. The Bertz CT molecular complexity index is 1670. The van der Waals surface area contributed by atoms with Crippen molar-refractivity contribution in [3.8, 4) is 0 Å². The van der Waals surface area contributed by atoms with E-state index in [1.54, 1.807) is 4.90 Å². The Balaban J connectivity index is 1.37. The molecule has 3 heterocycles. The van der Waals surface area contributed by atoms with Crippen molar-refractivity contribution in [3.05, 3.63) is 70.6 Å². The first-order valence-electron chi connectivity index (χ1n) is 15.6. The molecule has 0 spiro atoms. The lowest BCUT2D eigenvalue weighted by Gasteiger charge is -2.39. The van der Waals surface area contributed by atoms with E-state index >= 15 is 0 Å². The third-order valence-electron chi connectivity index (χ3n) is 8.77. The van der Waals surface area contributed by atoms with Gasteiger partial charge >= 0.3 is 13.3 Å². The van der Waals surface area contributed by atoms with Crippen LogP contribution in [-0.2, 0) is 31.1 Å². The Kier molecular flexibility index (Phi) is 10.2. The van der Waals surface area contributed by atoms with Crippen molar-refractivity contribution in [3.63, 3.8) is 0 Å². The molecule has 0 saturated carbocycles. The Morgan fingerprint density at radius 2 is 1.74 bits per heavy atom. The Labute approximate surface area is 276 Å². The summed E-state index contributed by atoms with van der Waals surface area (Å²) in [6, 6.07) is 12.5. The number of thiophene rings is 1. The Hall–Kier alpha value is -3.22. The van der Waals surface area contributed by atoms with Gasteiger partial charge in [-0.05, 0) is 60.2 Å². The number of rotatable bonds is 9. The van der Waals surface area contributed by atoms with E-state index < -0.39 is 42.2 Å². The fraction of sp³-hybridized carbons (Fsp3) is 0.485. The molecule has 2 aromatic carbocycles. The zero-order valence-electron chi connectivity index (χ0n) is 26.5. The molecule has 14 heteroatoms. The number of hydrogen-bond acceptors (Lipinski definition) is 6. The molecule has 0 radical (unpaired) electrons. The summed E-state index contributed by atoms with van der Waals surface area (Å²) in [7, 11) is -5.77. The normalized spacial score (nSPS) is 18.7. The predicted octanol–water partition coefficient (Wildman–Crippen LogP) is 5.47. The van der Waals surface area contributed by atoms with E-state index in [-0.39, 0.29) is 28.1 Å². The SMILES string of the molecule is CC(C)(C)C(NC(=O)c1cc2cc(C(F)(F)P(=O)(O)O)ccc2s1)C(=O)N1CCC[C@H]1C(=O)N(Cc1ccccc1)C1CCOCC1. The number of hydrogen-bond donors (Lipinski definition) is 3. The molecule has 3 aromatic rings. The van der Waals surface area contributed by atoms with Crippen LogP contribution in [0, 0.1) is 5.41 Å². The second kappa shape index (κ2) is 13.7. The quantitative estimate of drug-likeness (QED) is 0.253. The minimum absolute atomic E-state index is 0.0257. The second-order valence-electron chi connectivity index (χ2n) is 13.2. The van der Waals surface area contributed by atoms with E-state index in [9.17, 15) is 27.7 Å². The van der Waals surface area contributed by atoms with E-state index in [2.05, 4.69) is 5.32 Å². The first-order valence-corrected chi connectivity index (χ1v) is 18.0. The minimum Gasteiger partial charge on any atom is -0.381 e. The molecule has 0 bridgehead atoms. The van der Waals surface area contributed by atoms with Crippen LogP contribution in [0.2, 0.25) is 0 Å². The van der Waals surface area contributed by atoms with Crippen LogP contribution in [0.1, 0.15) is 67.3 Å².